The molecule has 0 heterocycles. The molecule has 0 aliphatic rings. The Balaban J connectivity index is 2.34. The fraction of sp³-hybridized carbons (Fsp3) is 0.571. The zero-order chi connectivity index (χ0) is 12.7. The van der Waals surface area contributed by atoms with E-state index in [0.717, 1.165) is 18.5 Å². The summed E-state index contributed by atoms with van der Waals surface area (Å²) in [5.41, 5.74) is 0.752. The predicted molar refractivity (Wildman–Crippen MR) is 68.4 cm³/mol. The van der Waals surface area contributed by atoms with E-state index in [9.17, 15) is 4.39 Å². The molecule has 0 aromatic heterocycles. The van der Waals surface area contributed by atoms with Crippen molar-refractivity contribution in [3.63, 3.8) is 0 Å². The lowest BCUT2D eigenvalue weighted by Gasteiger charge is -2.17. The number of aliphatic hydroxyl groups excluding tert-OH is 1. The van der Waals surface area contributed by atoms with Crippen LogP contribution in [0.4, 0.5) is 4.39 Å². The largest absolute Gasteiger partial charge is 0.396 e. The van der Waals surface area contributed by atoms with Gasteiger partial charge in [0, 0.05) is 12.6 Å². The normalized spacial score (nSPS) is 14.6. The van der Waals surface area contributed by atoms with E-state index in [1.165, 1.54) is 6.07 Å². The van der Waals surface area contributed by atoms with E-state index >= 15 is 0 Å². The molecular formula is C14H22FNO. The monoisotopic (exact) mass is 239 g/mol. The van der Waals surface area contributed by atoms with E-state index in [-0.39, 0.29) is 18.5 Å². The van der Waals surface area contributed by atoms with Crippen LogP contribution in [0.25, 0.3) is 0 Å². The maximum absolute atomic E-state index is 13.4. The van der Waals surface area contributed by atoms with Crippen molar-refractivity contribution in [3.8, 4) is 0 Å². The Morgan fingerprint density at radius 1 is 1.29 bits per heavy atom. The molecule has 2 unspecified atom stereocenters. The summed E-state index contributed by atoms with van der Waals surface area (Å²) < 4.78 is 13.4. The van der Waals surface area contributed by atoms with Crippen LogP contribution in [-0.2, 0) is 6.42 Å². The molecule has 0 fully saturated rings. The lowest BCUT2D eigenvalue weighted by molar-refractivity contribution is 0.258. The lowest BCUT2D eigenvalue weighted by Crippen LogP contribution is -2.32. The zero-order valence-corrected chi connectivity index (χ0v) is 10.6. The first kappa shape index (κ1) is 14.1. The molecule has 0 aliphatic carbocycles. The Hall–Kier alpha value is -0.930. The SMILES string of the molecule is CC(CCO)CNC(C)Cc1ccccc1F. The third kappa shape index (κ3) is 5.29. The Kier molecular flexibility index (Phi) is 6.16. The fourth-order valence-corrected chi connectivity index (χ4v) is 1.79. The van der Waals surface area contributed by atoms with Crippen molar-refractivity contribution in [1.82, 2.24) is 5.32 Å². The highest BCUT2D eigenvalue weighted by atomic mass is 19.1. The average Bonchev–Trinajstić information content (AvgIpc) is 2.30. The van der Waals surface area contributed by atoms with Gasteiger partial charge in [0.15, 0.2) is 0 Å². The summed E-state index contributed by atoms with van der Waals surface area (Å²) in [4.78, 5) is 0. The molecule has 0 bridgehead atoms. The fourth-order valence-electron chi connectivity index (χ4n) is 1.79. The van der Waals surface area contributed by atoms with E-state index in [0.29, 0.717) is 12.3 Å². The van der Waals surface area contributed by atoms with E-state index < -0.39 is 0 Å². The van der Waals surface area contributed by atoms with Gasteiger partial charge in [0.1, 0.15) is 5.82 Å². The van der Waals surface area contributed by atoms with Gasteiger partial charge in [-0.25, -0.2) is 4.39 Å². The highest BCUT2D eigenvalue weighted by Gasteiger charge is 2.08. The highest BCUT2D eigenvalue weighted by molar-refractivity contribution is 5.18. The van der Waals surface area contributed by atoms with Crippen LogP contribution < -0.4 is 5.32 Å². The molecule has 2 atom stereocenters. The van der Waals surface area contributed by atoms with Crippen molar-refractivity contribution < 1.29 is 9.50 Å². The van der Waals surface area contributed by atoms with Crippen LogP contribution in [0, 0.1) is 11.7 Å². The molecule has 0 spiro atoms. The van der Waals surface area contributed by atoms with Crippen LogP contribution >= 0.6 is 0 Å². The third-order valence-corrected chi connectivity index (χ3v) is 2.92. The zero-order valence-electron chi connectivity index (χ0n) is 10.6. The molecule has 0 saturated heterocycles. The number of halogens is 1. The van der Waals surface area contributed by atoms with Gasteiger partial charge in [-0.2, -0.15) is 0 Å². The summed E-state index contributed by atoms with van der Waals surface area (Å²) in [6.45, 7) is 5.23. The minimum absolute atomic E-state index is 0.135. The van der Waals surface area contributed by atoms with Crippen LogP contribution in [0.2, 0.25) is 0 Å². The van der Waals surface area contributed by atoms with Crippen molar-refractivity contribution in [3.05, 3.63) is 35.6 Å². The van der Waals surface area contributed by atoms with Gasteiger partial charge in [-0.05, 0) is 43.9 Å². The number of hydrogen-bond donors (Lipinski definition) is 2. The van der Waals surface area contributed by atoms with Crippen molar-refractivity contribution in [2.75, 3.05) is 13.2 Å². The summed E-state index contributed by atoms with van der Waals surface area (Å²) in [5.74, 6) is 0.313. The molecule has 0 aliphatic heterocycles. The smallest absolute Gasteiger partial charge is 0.126 e. The number of benzene rings is 1. The second-order valence-electron chi connectivity index (χ2n) is 4.72. The van der Waals surface area contributed by atoms with Crippen LogP contribution in [0.3, 0.4) is 0 Å². The molecule has 0 saturated carbocycles. The summed E-state index contributed by atoms with van der Waals surface area (Å²) >= 11 is 0. The lowest BCUT2D eigenvalue weighted by atomic mass is 10.0. The molecular weight excluding hydrogens is 217 g/mol. The Morgan fingerprint density at radius 3 is 2.65 bits per heavy atom. The second-order valence-corrected chi connectivity index (χ2v) is 4.72. The predicted octanol–water partition coefficient (Wildman–Crippen LogP) is 2.36. The van der Waals surface area contributed by atoms with Gasteiger partial charge in [0.25, 0.3) is 0 Å². The van der Waals surface area contributed by atoms with Crippen LogP contribution in [0.1, 0.15) is 25.8 Å². The average molecular weight is 239 g/mol. The number of nitrogens with one attached hydrogen (secondary N) is 1. The summed E-state index contributed by atoms with van der Waals surface area (Å²) in [6.07, 6.45) is 1.50. The minimum atomic E-state index is -0.135. The summed E-state index contributed by atoms with van der Waals surface area (Å²) in [7, 11) is 0. The molecule has 1 aromatic carbocycles. The summed E-state index contributed by atoms with van der Waals surface area (Å²) in [5, 5.41) is 12.2. The molecule has 2 N–H and O–H groups in total. The maximum Gasteiger partial charge on any atom is 0.126 e. The Morgan fingerprint density at radius 2 is 2.00 bits per heavy atom. The van der Waals surface area contributed by atoms with Crippen LogP contribution in [-0.4, -0.2) is 24.3 Å². The van der Waals surface area contributed by atoms with E-state index in [4.69, 9.17) is 5.11 Å². The molecule has 0 amide bonds. The first-order chi connectivity index (χ1) is 8.13. The minimum Gasteiger partial charge on any atom is -0.396 e. The van der Waals surface area contributed by atoms with E-state index in [1.807, 2.05) is 12.1 Å². The molecule has 3 heteroatoms. The van der Waals surface area contributed by atoms with Gasteiger partial charge in [-0.1, -0.05) is 25.1 Å². The van der Waals surface area contributed by atoms with Crippen LogP contribution in [0.15, 0.2) is 24.3 Å². The number of hydrogen-bond acceptors (Lipinski definition) is 2. The topological polar surface area (TPSA) is 32.3 Å². The van der Waals surface area contributed by atoms with Crippen molar-refractivity contribution in [1.29, 1.82) is 0 Å². The summed E-state index contributed by atoms with van der Waals surface area (Å²) in [6, 6.07) is 7.13. The third-order valence-electron chi connectivity index (χ3n) is 2.92. The number of aliphatic hydroxyl groups is 1. The number of rotatable bonds is 7. The van der Waals surface area contributed by atoms with Gasteiger partial charge in [0.05, 0.1) is 0 Å². The quantitative estimate of drug-likeness (QED) is 0.765. The molecule has 2 nitrogen and oxygen atoms in total. The second kappa shape index (κ2) is 7.41. The van der Waals surface area contributed by atoms with Gasteiger partial charge in [-0.15, -0.1) is 0 Å². The van der Waals surface area contributed by atoms with Gasteiger partial charge < -0.3 is 10.4 Å². The van der Waals surface area contributed by atoms with Gasteiger partial charge in [-0.3, -0.25) is 0 Å². The van der Waals surface area contributed by atoms with Crippen molar-refractivity contribution >= 4 is 0 Å². The van der Waals surface area contributed by atoms with Gasteiger partial charge >= 0.3 is 0 Å². The molecule has 0 radical (unpaired) electrons. The maximum atomic E-state index is 13.4. The Bertz CT molecular complexity index is 330. The molecule has 1 rings (SSSR count). The highest BCUT2D eigenvalue weighted by Crippen LogP contribution is 2.09. The van der Waals surface area contributed by atoms with Crippen molar-refractivity contribution in [2.24, 2.45) is 5.92 Å². The van der Waals surface area contributed by atoms with Crippen molar-refractivity contribution in [2.45, 2.75) is 32.7 Å². The molecule has 1 aromatic rings. The van der Waals surface area contributed by atoms with E-state index in [2.05, 4.69) is 19.2 Å². The van der Waals surface area contributed by atoms with E-state index in [1.54, 1.807) is 6.07 Å². The molecule has 96 valence electrons. The van der Waals surface area contributed by atoms with Gasteiger partial charge in [0.2, 0.25) is 0 Å². The standard InChI is InChI=1S/C14H22FNO/c1-11(7-8-17)10-16-12(2)9-13-5-3-4-6-14(13)15/h3-6,11-12,16-17H,7-10H2,1-2H3. The Labute approximate surface area is 103 Å². The molecule has 17 heavy (non-hydrogen) atoms. The first-order valence-corrected chi connectivity index (χ1v) is 6.21. The van der Waals surface area contributed by atoms with Crippen LogP contribution in [0.5, 0.6) is 0 Å². The first-order valence-electron chi connectivity index (χ1n) is 6.21.